The molecule has 0 bridgehead atoms. The zero-order valence-corrected chi connectivity index (χ0v) is 14.7. The second-order valence-corrected chi connectivity index (χ2v) is 11.8. The molecule has 0 unspecified atom stereocenters. The van der Waals surface area contributed by atoms with E-state index in [0.717, 1.165) is 23.7 Å². The van der Waals surface area contributed by atoms with Crippen molar-refractivity contribution in [3.8, 4) is 5.75 Å². The lowest BCUT2D eigenvalue weighted by molar-refractivity contribution is 0.492. The predicted molar refractivity (Wildman–Crippen MR) is 93.0 cm³/mol. The standard InChI is InChI=1S/C17H26N2OSi/c1-17(2,3)21(4,5)20-16-10-8-15(9-11-16)19-12-6-7-14(18)13-19/h6-12H,13,18H2,1-5H3. The lowest BCUT2D eigenvalue weighted by atomic mass is 10.2. The molecule has 0 fully saturated rings. The molecular formula is C17H26N2OSi. The second kappa shape index (κ2) is 5.60. The first-order valence-electron chi connectivity index (χ1n) is 7.38. The summed E-state index contributed by atoms with van der Waals surface area (Å²) >= 11 is 0. The molecule has 4 heteroatoms. The Hall–Kier alpha value is -1.68. The van der Waals surface area contributed by atoms with Crippen LogP contribution < -0.4 is 15.1 Å². The van der Waals surface area contributed by atoms with E-state index < -0.39 is 8.32 Å². The molecule has 114 valence electrons. The second-order valence-electron chi connectivity index (χ2n) is 7.07. The number of nitrogens with zero attached hydrogens (tertiary/aromatic N) is 1. The van der Waals surface area contributed by atoms with E-state index in [1.807, 2.05) is 18.4 Å². The van der Waals surface area contributed by atoms with E-state index in [1.165, 1.54) is 0 Å². The highest BCUT2D eigenvalue weighted by Gasteiger charge is 2.38. The van der Waals surface area contributed by atoms with Crippen molar-refractivity contribution in [3.05, 3.63) is 48.3 Å². The van der Waals surface area contributed by atoms with Gasteiger partial charge in [-0.1, -0.05) is 20.8 Å². The quantitative estimate of drug-likeness (QED) is 0.848. The van der Waals surface area contributed by atoms with E-state index >= 15 is 0 Å². The van der Waals surface area contributed by atoms with Gasteiger partial charge in [-0.05, 0) is 54.5 Å². The highest BCUT2D eigenvalue weighted by Crippen LogP contribution is 2.37. The van der Waals surface area contributed by atoms with Gasteiger partial charge >= 0.3 is 0 Å². The maximum Gasteiger partial charge on any atom is 0.250 e. The van der Waals surface area contributed by atoms with Gasteiger partial charge in [0.1, 0.15) is 5.75 Å². The average Bonchev–Trinajstić information content (AvgIpc) is 2.38. The number of nitrogens with two attached hydrogens (primary N) is 1. The lowest BCUT2D eigenvalue weighted by Gasteiger charge is -2.36. The van der Waals surface area contributed by atoms with Gasteiger partial charge in [0.2, 0.25) is 8.32 Å². The fourth-order valence-electron chi connectivity index (χ4n) is 1.90. The third kappa shape index (κ3) is 3.70. The first kappa shape index (κ1) is 15.7. The molecule has 0 amide bonds. The molecule has 2 N–H and O–H groups in total. The minimum absolute atomic E-state index is 0.209. The number of hydrogen-bond donors (Lipinski definition) is 1. The molecule has 1 aliphatic heterocycles. The fraction of sp³-hybridized carbons (Fsp3) is 0.412. The molecule has 0 aliphatic carbocycles. The Bertz CT molecular complexity index is 553. The van der Waals surface area contributed by atoms with Gasteiger partial charge in [-0.2, -0.15) is 0 Å². The summed E-state index contributed by atoms with van der Waals surface area (Å²) in [7, 11) is -1.77. The Morgan fingerprint density at radius 1 is 1.14 bits per heavy atom. The number of hydrogen-bond acceptors (Lipinski definition) is 3. The van der Waals surface area contributed by atoms with E-state index in [0.29, 0.717) is 0 Å². The molecule has 1 aromatic carbocycles. The minimum Gasteiger partial charge on any atom is -0.544 e. The average molecular weight is 302 g/mol. The number of allylic oxidation sites excluding steroid dienone is 2. The van der Waals surface area contributed by atoms with Crippen LogP contribution in [0, 0.1) is 0 Å². The molecule has 0 saturated heterocycles. The largest absolute Gasteiger partial charge is 0.544 e. The molecule has 0 saturated carbocycles. The Kier molecular flexibility index (Phi) is 4.19. The molecule has 0 aromatic heterocycles. The number of benzene rings is 1. The monoisotopic (exact) mass is 302 g/mol. The van der Waals surface area contributed by atoms with Gasteiger partial charge in [0.15, 0.2) is 0 Å². The normalized spacial score (nSPS) is 15.9. The summed E-state index contributed by atoms with van der Waals surface area (Å²) in [5.41, 5.74) is 7.88. The minimum atomic E-state index is -1.77. The van der Waals surface area contributed by atoms with Crippen molar-refractivity contribution in [2.45, 2.75) is 38.9 Å². The molecule has 1 aromatic rings. The van der Waals surface area contributed by atoms with Crippen LogP contribution in [-0.2, 0) is 0 Å². The number of rotatable bonds is 3. The highest BCUT2D eigenvalue weighted by atomic mass is 28.4. The van der Waals surface area contributed by atoms with Gasteiger partial charge in [-0.25, -0.2) is 0 Å². The van der Waals surface area contributed by atoms with Gasteiger partial charge < -0.3 is 15.1 Å². The Morgan fingerprint density at radius 2 is 1.76 bits per heavy atom. The fourth-order valence-corrected chi connectivity index (χ4v) is 2.93. The van der Waals surface area contributed by atoms with Crippen LogP contribution in [0.4, 0.5) is 5.69 Å². The summed E-state index contributed by atoms with van der Waals surface area (Å²) in [5.74, 6) is 0.954. The smallest absolute Gasteiger partial charge is 0.250 e. The maximum atomic E-state index is 6.30. The molecular weight excluding hydrogens is 276 g/mol. The topological polar surface area (TPSA) is 38.5 Å². The van der Waals surface area contributed by atoms with E-state index in [9.17, 15) is 0 Å². The van der Waals surface area contributed by atoms with E-state index in [2.05, 4.69) is 63.0 Å². The van der Waals surface area contributed by atoms with Crippen molar-refractivity contribution in [2.75, 3.05) is 11.4 Å². The van der Waals surface area contributed by atoms with Crippen molar-refractivity contribution in [1.82, 2.24) is 0 Å². The maximum absolute atomic E-state index is 6.30. The molecule has 1 heterocycles. The SMILES string of the molecule is CC(C)(C)[Si](C)(C)Oc1ccc(N2C=CC=C(N)C2)cc1. The van der Waals surface area contributed by atoms with Crippen molar-refractivity contribution < 1.29 is 4.43 Å². The molecule has 0 atom stereocenters. The van der Waals surface area contributed by atoms with E-state index in [4.69, 9.17) is 10.2 Å². The van der Waals surface area contributed by atoms with Crippen LogP contribution >= 0.6 is 0 Å². The van der Waals surface area contributed by atoms with Crippen LogP contribution in [0.25, 0.3) is 0 Å². The van der Waals surface area contributed by atoms with Gasteiger partial charge in [0, 0.05) is 17.6 Å². The van der Waals surface area contributed by atoms with Crippen LogP contribution in [0.1, 0.15) is 20.8 Å². The molecule has 3 nitrogen and oxygen atoms in total. The molecule has 1 aliphatic rings. The Labute approximate surface area is 129 Å². The van der Waals surface area contributed by atoms with E-state index in [-0.39, 0.29) is 5.04 Å². The first-order chi connectivity index (χ1) is 9.69. The summed E-state index contributed by atoms with van der Waals surface area (Å²) in [6, 6.07) is 8.28. The molecule has 21 heavy (non-hydrogen) atoms. The van der Waals surface area contributed by atoms with Crippen molar-refractivity contribution in [2.24, 2.45) is 5.73 Å². The van der Waals surface area contributed by atoms with Gasteiger partial charge in [-0.3, -0.25) is 0 Å². The molecule has 0 radical (unpaired) electrons. The van der Waals surface area contributed by atoms with Gasteiger partial charge in [-0.15, -0.1) is 0 Å². The Morgan fingerprint density at radius 3 is 2.29 bits per heavy atom. The Balaban J connectivity index is 2.10. The van der Waals surface area contributed by atoms with Gasteiger partial charge in [0.05, 0.1) is 6.54 Å². The van der Waals surface area contributed by atoms with Crippen LogP contribution in [0.15, 0.2) is 48.3 Å². The zero-order chi connectivity index (χ0) is 15.7. The number of anilines is 1. The van der Waals surface area contributed by atoms with Crippen LogP contribution in [0.2, 0.25) is 18.1 Å². The van der Waals surface area contributed by atoms with Crippen LogP contribution in [-0.4, -0.2) is 14.9 Å². The van der Waals surface area contributed by atoms with Crippen molar-refractivity contribution in [3.63, 3.8) is 0 Å². The summed E-state index contributed by atoms with van der Waals surface area (Å²) in [4.78, 5) is 2.13. The third-order valence-electron chi connectivity index (χ3n) is 4.28. The molecule has 2 rings (SSSR count). The summed E-state index contributed by atoms with van der Waals surface area (Å²) < 4.78 is 6.30. The summed E-state index contributed by atoms with van der Waals surface area (Å²) in [5, 5.41) is 0.209. The van der Waals surface area contributed by atoms with Gasteiger partial charge in [0.25, 0.3) is 0 Å². The first-order valence-corrected chi connectivity index (χ1v) is 10.3. The summed E-state index contributed by atoms with van der Waals surface area (Å²) in [6.45, 7) is 12.0. The molecule has 0 spiro atoms. The third-order valence-corrected chi connectivity index (χ3v) is 8.64. The highest BCUT2D eigenvalue weighted by molar-refractivity contribution is 6.74. The van der Waals surface area contributed by atoms with E-state index in [1.54, 1.807) is 0 Å². The lowest BCUT2D eigenvalue weighted by Crippen LogP contribution is -2.43. The van der Waals surface area contributed by atoms with Crippen LogP contribution in [0.3, 0.4) is 0 Å². The van der Waals surface area contributed by atoms with Crippen LogP contribution in [0.5, 0.6) is 5.75 Å². The summed E-state index contributed by atoms with van der Waals surface area (Å²) in [6.07, 6.45) is 5.95. The van der Waals surface area contributed by atoms with Crippen molar-refractivity contribution >= 4 is 14.0 Å². The van der Waals surface area contributed by atoms with Crippen molar-refractivity contribution in [1.29, 1.82) is 0 Å². The zero-order valence-electron chi connectivity index (χ0n) is 13.7. The predicted octanol–water partition coefficient (Wildman–Crippen LogP) is 4.25.